The Morgan fingerprint density at radius 1 is 1.33 bits per heavy atom. The monoisotopic (exact) mass is 247 g/mol. The third-order valence-electron chi connectivity index (χ3n) is 2.44. The predicted molar refractivity (Wildman–Crippen MR) is 70.0 cm³/mol. The van der Waals surface area contributed by atoms with Crippen molar-refractivity contribution in [2.75, 3.05) is 7.11 Å². The summed E-state index contributed by atoms with van der Waals surface area (Å²) in [6.07, 6.45) is 0. The Morgan fingerprint density at radius 2 is 2.06 bits per heavy atom. The summed E-state index contributed by atoms with van der Waals surface area (Å²) in [5.74, 6) is 0.701. The third-order valence-corrected chi connectivity index (χ3v) is 2.44. The van der Waals surface area contributed by atoms with Gasteiger partial charge < -0.3 is 14.5 Å². The molecule has 0 aliphatic rings. The van der Waals surface area contributed by atoms with Crippen LogP contribution in [0.15, 0.2) is 28.7 Å². The van der Waals surface area contributed by atoms with Crippen molar-refractivity contribution in [3.8, 4) is 5.75 Å². The first kappa shape index (κ1) is 12.5. The normalized spacial score (nSPS) is 11.6. The maximum Gasteiger partial charge on any atom is 0.287 e. The standard InChI is InChI=1S/C14H17NO3/c1-14(2,3)15-13(16)11-8-9-6-5-7-10(17-4)12(9)18-11/h5-8H,1-4H3,(H,15,16). The number of amides is 1. The number of benzene rings is 1. The Labute approximate surface area is 106 Å². The van der Waals surface area contributed by atoms with E-state index in [-0.39, 0.29) is 11.4 Å². The van der Waals surface area contributed by atoms with Crippen LogP contribution in [-0.4, -0.2) is 18.6 Å². The largest absolute Gasteiger partial charge is 0.493 e. The van der Waals surface area contributed by atoms with Gasteiger partial charge in [-0.3, -0.25) is 4.79 Å². The van der Waals surface area contributed by atoms with E-state index in [1.807, 2.05) is 32.9 Å². The Bertz CT molecular complexity index is 578. The molecule has 0 unspecified atom stereocenters. The highest BCUT2D eigenvalue weighted by atomic mass is 16.5. The van der Waals surface area contributed by atoms with Gasteiger partial charge in [0, 0.05) is 10.9 Å². The lowest BCUT2D eigenvalue weighted by Gasteiger charge is -2.19. The molecule has 1 amide bonds. The van der Waals surface area contributed by atoms with E-state index in [9.17, 15) is 4.79 Å². The fourth-order valence-corrected chi connectivity index (χ4v) is 1.71. The Balaban J connectivity index is 2.39. The lowest BCUT2D eigenvalue weighted by atomic mass is 10.1. The molecule has 18 heavy (non-hydrogen) atoms. The summed E-state index contributed by atoms with van der Waals surface area (Å²) < 4.78 is 10.8. The van der Waals surface area contributed by atoms with Crippen molar-refractivity contribution >= 4 is 16.9 Å². The molecule has 1 N–H and O–H groups in total. The molecular weight excluding hydrogens is 230 g/mol. The van der Waals surface area contributed by atoms with Crippen molar-refractivity contribution in [3.63, 3.8) is 0 Å². The molecule has 1 aromatic heterocycles. The first-order valence-electron chi connectivity index (χ1n) is 5.80. The highest BCUT2D eigenvalue weighted by molar-refractivity contribution is 5.97. The van der Waals surface area contributed by atoms with Gasteiger partial charge in [-0.05, 0) is 32.9 Å². The van der Waals surface area contributed by atoms with E-state index in [1.165, 1.54) is 0 Å². The van der Waals surface area contributed by atoms with E-state index in [4.69, 9.17) is 9.15 Å². The molecule has 0 radical (unpaired) electrons. The number of ether oxygens (including phenoxy) is 1. The van der Waals surface area contributed by atoms with Crippen LogP contribution in [0.1, 0.15) is 31.3 Å². The molecule has 0 atom stereocenters. The van der Waals surface area contributed by atoms with Crippen LogP contribution in [0.5, 0.6) is 5.75 Å². The topological polar surface area (TPSA) is 51.5 Å². The van der Waals surface area contributed by atoms with Gasteiger partial charge in [-0.15, -0.1) is 0 Å². The molecule has 0 spiro atoms. The van der Waals surface area contributed by atoms with Crippen LogP contribution in [0.3, 0.4) is 0 Å². The van der Waals surface area contributed by atoms with Crippen LogP contribution in [0.2, 0.25) is 0 Å². The summed E-state index contributed by atoms with van der Waals surface area (Å²) in [7, 11) is 1.58. The number of para-hydroxylation sites is 1. The second-order valence-electron chi connectivity index (χ2n) is 5.19. The van der Waals surface area contributed by atoms with E-state index < -0.39 is 0 Å². The summed E-state index contributed by atoms with van der Waals surface area (Å²) in [6, 6.07) is 7.27. The SMILES string of the molecule is COc1cccc2cc(C(=O)NC(C)(C)C)oc12. The molecule has 0 aliphatic carbocycles. The number of furan rings is 1. The zero-order chi connectivity index (χ0) is 13.3. The van der Waals surface area contributed by atoms with E-state index in [1.54, 1.807) is 19.2 Å². The van der Waals surface area contributed by atoms with Crippen LogP contribution < -0.4 is 10.1 Å². The molecule has 1 heterocycles. The molecule has 0 saturated carbocycles. The fraction of sp³-hybridized carbons (Fsp3) is 0.357. The number of hydrogen-bond donors (Lipinski definition) is 1. The minimum absolute atomic E-state index is 0.222. The van der Waals surface area contributed by atoms with Gasteiger partial charge in [0.2, 0.25) is 0 Å². The molecule has 1 aromatic carbocycles. The lowest BCUT2D eigenvalue weighted by Crippen LogP contribution is -2.40. The quantitative estimate of drug-likeness (QED) is 0.887. The smallest absolute Gasteiger partial charge is 0.287 e. The molecule has 4 nitrogen and oxygen atoms in total. The molecule has 96 valence electrons. The van der Waals surface area contributed by atoms with Crippen molar-refractivity contribution in [1.82, 2.24) is 5.32 Å². The number of hydrogen-bond acceptors (Lipinski definition) is 3. The van der Waals surface area contributed by atoms with Gasteiger partial charge in [-0.1, -0.05) is 12.1 Å². The summed E-state index contributed by atoms with van der Waals surface area (Å²) in [6.45, 7) is 5.77. The highest BCUT2D eigenvalue weighted by Gasteiger charge is 2.19. The van der Waals surface area contributed by atoms with Crippen LogP contribution >= 0.6 is 0 Å². The second kappa shape index (κ2) is 4.37. The van der Waals surface area contributed by atoms with Gasteiger partial charge in [0.05, 0.1) is 7.11 Å². The van der Waals surface area contributed by atoms with Gasteiger partial charge in [0.15, 0.2) is 17.1 Å². The molecule has 0 saturated heterocycles. The zero-order valence-electron chi connectivity index (χ0n) is 11.0. The van der Waals surface area contributed by atoms with E-state index in [0.29, 0.717) is 17.1 Å². The van der Waals surface area contributed by atoms with Gasteiger partial charge >= 0.3 is 0 Å². The second-order valence-corrected chi connectivity index (χ2v) is 5.19. The van der Waals surface area contributed by atoms with Crippen molar-refractivity contribution in [1.29, 1.82) is 0 Å². The Morgan fingerprint density at radius 3 is 2.67 bits per heavy atom. The number of methoxy groups -OCH3 is 1. The fourth-order valence-electron chi connectivity index (χ4n) is 1.71. The van der Waals surface area contributed by atoms with Gasteiger partial charge in [-0.2, -0.15) is 0 Å². The molecule has 0 aliphatic heterocycles. The maximum atomic E-state index is 12.0. The number of carbonyl (C=O) groups is 1. The number of carbonyl (C=O) groups excluding carboxylic acids is 1. The first-order valence-corrected chi connectivity index (χ1v) is 5.80. The lowest BCUT2D eigenvalue weighted by molar-refractivity contribution is 0.0893. The third kappa shape index (κ3) is 2.47. The van der Waals surface area contributed by atoms with Crippen LogP contribution in [-0.2, 0) is 0 Å². The molecule has 2 aromatic rings. The van der Waals surface area contributed by atoms with Crippen molar-refractivity contribution in [3.05, 3.63) is 30.0 Å². The molecule has 2 rings (SSSR count). The van der Waals surface area contributed by atoms with E-state index >= 15 is 0 Å². The zero-order valence-corrected chi connectivity index (χ0v) is 11.0. The van der Waals surface area contributed by atoms with Crippen LogP contribution in [0, 0.1) is 0 Å². The molecule has 0 bridgehead atoms. The van der Waals surface area contributed by atoms with Gasteiger partial charge in [-0.25, -0.2) is 0 Å². The predicted octanol–water partition coefficient (Wildman–Crippen LogP) is 2.97. The number of fused-ring (bicyclic) bond motifs is 1. The summed E-state index contributed by atoms with van der Waals surface area (Å²) in [4.78, 5) is 12.0. The summed E-state index contributed by atoms with van der Waals surface area (Å²) in [5.41, 5.74) is 0.305. The summed E-state index contributed by atoms with van der Waals surface area (Å²) in [5, 5.41) is 3.72. The van der Waals surface area contributed by atoms with Crippen molar-refractivity contribution in [2.24, 2.45) is 0 Å². The minimum Gasteiger partial charge on any atom is -0.493 e. The average molecular weight is 247 g/mol. The van der Waals surface area contributed by atoms with Gasteiger partial charge in [0.1, 0.15) is 0 Å². The number of rotatable bonds is 2. The van der Waals surface area contributed by atoms with Gasteiger partial charge in [0.25, 0.3) is 5.91 Å². The number of nitrogens with one attached hydrogen (secondary N) is 1. The Hall–Kier alpha value is -1.97. The average Bonchev–Trinajstić information content (AvgIpc) is 2.70. The maximum absolute atomic E-state index is 12.0. The first-order chi connectivity index (χ1) is 8.40. The molecule has 0 fully saturated rings. The minimum atomic E-state index is -0.292. The molecule has 4 heteroatoms. The van der Waals surface area contributed by atoms with Crippen LogP contribution in [0.25, 0.3) is 11.0 Å². The van der Waals surface area contributed by atoms with E-state index in [0.717, 1.165) is 5.39 Å². The van der Waals surface area contributed by atoms with Crippen molar-refractivity contribution in [2.45, 2.75) is 26.3 Å². The molecular formula is C14H17NO3. The van der Waals surface area contributed by atoms with E-state index in [2.05, 4.69) is 5.32 Å². The van der Waals surface area contributed by atoms with Crippen molar-refractivity contribution < 1.29 is 13.9 Å². The Kier molecular flexibility index (Phi) is 3.03. The summed E-state index contributed by atoms with van der Waals surface area (Å²) >= 11 is 0. The van der Waals surface area contributed by atoms with Crippen LogP contribution in [0.4, 0.5) is 0 Å². The highest BCUT2D eigenvalue weighted by Crippen LogP contribution is 2.28.